The third kappa shape index (κ3) is 6.37. The lowest BCUT2D eigenvalue weighted by molar-refractivity contribution is 0.0758. The number of aliphatic imine (C=N–C) groups is 1. The molecule has 0 saturated carbocycles. The Balaban J connectivity index is 1.34. The van der Waals surface area contributed by atoms with E-state index in [0.717, 1.165) is 43.1 Å². The second kappa shape index (κ2) is 11.8. The quantitative estimate of drug-likeness (QED) is 0.436. The molecule has 3 aromatic rings. The molecule has 2 aliphatic heterocycles. The zero-order chi connectivity index (χ0) is 29.2. The second-order valence-corrected chi connectivity index (χ2v) is 12.8. The lowest BCUT2D eigenvalue weighted by Crippen LogP contribution is -2.53. The third-order valence-electron chi connectivity index (χ3n) is 7.60. The highest BCUT2D eigenvalue weighted by Gasteiger charge is 2.48. The molecule has 2 atom stereocenters. The van der Waals surface area contributed by atoms with E-state index >= 15 is 0 Å². The monoisotopic (exact) mass is 581 g/mol. The summed E-state index contributed by atoms with van der Waals surface area (Å²) in [5.74, 6) is -0.491. The molecule has 9 nitrogen and oxygen atoms in total. The summed E-state index contributed by atoms with van der Waals surface area (Å²) in [6.45, 7) is 7.07. The molecule has 41 heavy (non-hydrogen) atoms. The number of benzene rings is 2. The molecule has 0 amide bonds. The molecule has 0 bridgehead atoms. The van der Waals surface area contributed by atoms with E-state index in [1.54, 1.807) is 44.2 Å². The largest absolute Gasteiger partial charge is 0.457 e. The van der Waals surface area contributed by atoms with Crippen molar-refractivity contribution in [3.8, 4) is 11.3 Å². The Morgan fingerprint density at radius 1 is 1.10 bits per heavy atom. The lowest BCUT2D eigenvalue weighted by atomic mass is 9.96. The molecule has 1 aromatic heterocycles. The molecule has 2 unspecified atom stereocenters. The Labute approximate surface area is 240 Å². The van der Waals surface area contributed by atoms with Crippen molar-refractivity contribution in [2.75, 3.05) is 44.7 Å². The van der Waals surface area contributed by atoms with Gasteiger partial charge in [0, 0.05) is 43.9 Å². The summed E-state index contributed by atoms with van der Waals surface area (Å²) >= 11 is 0. The fourth-order valence-corrected chi connectivity index (χ4v) is 7.21. The minimum absolute atomic E-state index is 0.102. The highest BCUT2D eigenvalue weighted by atomic mass is 32.2. The van der Waals surface area contributed by atoms with Crippen LogP contribution in [0.25, 0.3) is 11.3 Å². The highest BCUT2D eigenvalue weighted by molar-refractivity contribution is 7.90. The zero-order valence-electron chi connectivity index (χ0n) is 23.5. The number of ether oxygens (including phenoxy) is 1. The average molecular weight is 582 g/mol. The van der Waals surface area contributed by atoms with Gasteiger partial charge in [-0.2, -0.15) is 0 Å². The van der Waals surface area contributed by atoms with E-state index in [0.29, 0.717) is 5.56 Å². The topological polar surface area (TPSA) is 107 Å². The van der Waals surface area contributed by atoms with E-state index in [9.17, 15) is 17.9 Å². The van der Waals surface area contributed by atoms with Gasteiger partial charge in [-0.1, -0.05) is 42.5 Å². The van der Waals surface area contributed by atoms with E-state index in [1.807, 2.05) is 24.4 Å². The van der Waals surface area contributed by atoms with Crippen LogP contribution in [0.4, 0.5) is 10.1 Å². The number of aromatic nitrogens is 1. The van der Waals surface area contributed by atoms with Crippen molar-refractivity contribution in [1.29, 1.82) is 0 Å². The van der Waals surface area contributed by atoms with Crippen molar-refractivity contribution in [1.82, 2.24) is 14.6 Å². The van der Waals surface area contributed by atoms with Crippen LogP contribution in [-0.4, -0.2) is 74.9 Å². The smallest absolute Gasteiger partial charge is 0.299 e. The molecule has 0 spiro atoms. The van der Waals surface area contributed by atoms with Crippen LogP contribution >= 0.6 is 0 Å². The lowest BCUT2D eigenvalue weighted by Gasteiger charge is -2.39. The van der Waals surface area contributed by atoms with Crippen molar-refractivity contribution >= 4 is 21.7 Å². The molecule has 2 saturated heterocycles. The van der Waals surface area contributed by atoms with Crippen LogP contribution in [-0.2, 0) is 14.8 Å². The molecule has 2 aliphatic rings. The Morgan fingerprint density at radius 2 is 1.80 bits per heavy atom. The molecule has 0 aliphatic carbocycles. The highest BCUT2D eigenvalue weighted by Crippen LogP contribution is 2.39. The number of amidine groups is 1. The summed E-state index contributed by atoms with van der Waals surface area (Å²) in [6.07, 6.45) is 1.98. The molecule has 218 valence electrons. The number of nitrogens with zero attached hydrogens (tertiary/aromatic N) is 4. The predicted molar refractivity (Wildman–Crippen MR) is 158 cm³/mol. The summed E-state index contributed by atoms with van der Waals surface area (Å²) in [6, 6.07) is 16.3. The Morgan fingerprint density at radius 3 is 2.41 bits per heavy atom. The van der Waals surface area contributed by atoms with Gasteiger partial charge in [0.2, 0.25) is 10.0 Å². The number of piperazine rings is 1. The number of sulfonamides is 1. The van der Waals surface area contributed by atoms with Crippen LogP contribution in [0.2, 0.25) is 0 Å². The molecule has 2 aromatic carbocycles. The fraction of sp³-hybridized carbons (Fsp3) is 0.400. The van der Waals surface area contributed by atoms with E-state index in [1.165, 1.54) is 6.07 Å². The van der Waals surface area contributed by atoms with Gasteiger partial charge >= 0.3 is 0 Å². The first kappa shape index (κ1) is 29.0. The molecule has 2 fully saturated rings. The normalized spacial score (nSPS) is 22.1. The maximum atomic E-state index is 14.4. The Hall–Kier alpha value is -3.54. The van der Waals surface area contributed by atoms with Crippen molar-refractivity contribution in [2.24, 2.45) is 4.99 Å². The van der Waals surface area contributed by atoms with Crippen LogP contribution in [0, 0.1) is 5.82 Å². The van der Waals surface area contributed by atoms with Gasteiger partial charge < -0.3 is 19.6 Å². The van der Waals surface area contributed by atoms with Crippen LogP contribution in [0.3, 0.4) is 0 Å². The maximum absolute atomic E-state index is 14.4. The van der Waals surface area contributed by atoms with Gasteiger partial charge in [0.05, 0.1) is 23.6 Å². The molecule has 3 heterocycles. The van der Waals surface area contributed by atoms with Crippen LogP contribution in [0.5, 0.6) is 0 Å². The number of nitrogens with one attached hydrogen (secondary N) is 1. The van der Waals surface area contributed by atoms with E-state index in [2.05, 4.69) is 37.6 Å². The average Bonchev–Trinajstić information content (AvgIpc) is 2.93. The number of hydrogen-bond donors (Lipinski definition) is 2. The van der Waals surface area contributed by atoms with Gasteiger partial charge in [-0.3, -0.25) is 4.98 Å². The van der Waals surface area contributed by atoms with Crippen molar-refractivity contribution in [3.05, 3.63) is 83.8 Å². The van der Waals surface area contributed by atoms with E-state index < -0.39 is 32.7 Å². The van der Waals surface area contributed by atoms with E-state index in [-0.39, 0.29) is 24.6 Å². The predicted octanol–water partition coefficient (Wildman–Crippen LogP) is 3.89. The fourth-order valence-electron chi connectivity index (χ4n) is 5.45. The Kier molecular flexibility index (Phi) is 8.30. The molecular weight excluding hydrogens is 545 g/mol. The van der Waals surface area contributed by atoms with Crippen molar-refractivity contribution in [3.63, 3.8) is 0 Å². The van der Waals surface area contributed by atoms with Crippen molar-refractivity contribution < 1.29 is 22.7 Å². The summed E-state index contributed by atoms with van der Waals surface area (Å²) in [4.78, 5) is 13.6. The van der Waals surface area contributed by atoms with Gasteiger partial charge in [-0.15, -0.1) is 0 Å². The van der Waals surface area contributed by atoms with Gasteiger partial charge in [0.1, 0.15) is 16.7 Å². The molecule has 2 N–H and O–H groups in total. The van der Waals surface area contributed by atoms with Crippen LogP contribution in [0.15, 0.2) is 71.9 Å². The van der Waals surface area contributed by atoms with Gasteiger partial charge in [-0.05, 0) is 51.1 Å². The van der Waals surface area contributed by atoms with Gasteiger partial charge in [-0.25, -0.2) is 22.5 Å². The van der Waals surface area contributed by atoms with Crippen LogP contribution in [0.1, 0.15) is 42.7 Å². The number of likely N-dealkylation sites (N-methyl/N-ethyl adjacent to an activating group) is 1. The molecule has 5 rings (SSSR count). The summed E-state index contributed by atoms with van der Waals surface area (Å²) in [5, 5.41) is 8.49. The zero-order valence-corrected chi connectivity index (χ0v) is 24.3. The number of halogens is 1. The summed E-state index contributed by atoms with van der Waals surface area (Å²) < 4.78 is 49.9. The SMILES string of the molecule is CN1CCN(c2ccc(-c3ccc(C4C(C)(C)OC(=NC(CCO)c5ccccc5F)NS4(=O)=O)cc3)nc2)CC1. The number of anilines is 1. The first-order valence-electron chi connectivity index (χ1n) is 13.7. The first-order chi connectivity index (χ1) is 19.6. The summed E-state index contributed by atoms with van der Waals surface area (Å²) in [7, 11) is -1.85. The van der Waals surface area contributed by atoms with Crippen LogP contribution < -0.4 is 9.62 Å². The molecule has 11 heteroatoms. The van der Waals surface area contributed by atoms with Gasteiger partial charge in [0.25, 0.3) is 6.02 Å². The minimum atomic E-state index is -3.97. The Bertz CT molecular complexity index is 1490. The van der Waals surface area contributed by atoms with E-state index in [4.69, 9.17) is 4.74 Å². The second-order valence-electron chi connectivity index (χ2n) is 11.0. The number of aliphatic hydroxyl groups excluding tert-OH is 1. The number of pyridine rings is 1. The minimum Gasteiger partial charge on any atom is -0.457 e. The maximum Gasteiger partial charge on any atom is 0.299 e. The van der Waals surface area contributed by atoms with Crippen molar-refractivity contribution in [2.45, 2.75) is 37.2 Å². The summed E-state index contributed by atoms with van der Waals surface area (Å²) in [5.41, 5.74) is 2.37. The number of rotatable bonds is 7. The van der Waals surface area contributed by atoms with Gasteiger partial charge in [0.15, 0.2) is 0 Å². The third-order valence-corrected chi connectivity index (χ3v) is 9.52. The standard InChI is InChI=1S/C30H36FN5O4S/c1-30(2)28(41(38,39)34-29(40-30)33-27(14-19-37)24-6-4-5-7-25(24)31)22-10-8-21(9-11-22)26-13-12-23(20-32-26)36-17-15-35(3)16-18-36/h4-13,20,27-28,37H,14-19H2,1-3H3,(H,33,34). The molecular formula is C30H36FN5O4S. The first-order valence-corrected chi connectivity index (χ1v) is 15.3. The number of hydrogen-bond acceptors (Lipinski definition) is 8. The number of aliphatic hydroxyl groups is 1. The molecule has 0 radical (unpaired) electrons.